The normalized spacial score (nSPS) is 15.8. The molecule has 0 aromatic heterocycles. The second-order valence-corrected chi connectivity index (χ2v) is 5.61. The van der Waals surface area contributed by atoms with Gasteiger partial charge in [-0.1, -0.05) is 19.1 Å². The largest absolute Gasteiger partial charge is 0.491 e. The molecule has 0 bridgehead atoms. The molecule has 9 heteroatoms. The van der Waals surface area contributed by atoms with Gasteiger partial charge in [-0.05, 0) is 31.0 Å². The van der Waals surface area contributed by atoms with E-state index in [1.54, 1.807) is 0 Å². The molecular weight excluding hydrogens is 357 g/mol. The average Bonchev–Trinajstić information content (AvgIpc) is 2.52. The van der Waals surface area contributed by atoms with E-state index in [1.807, 2.05) is 13.8 Å². The third kappa shape index (κ3) is 4.99. The fourth-order valence-electron chi connectivity index (χ4n) is 1.98. The average molecular weight is 376 g/mol. The molecule has 144 valence electrons. The third-order valence-corrected chi connectivity index (χ3v) is 3.71. The first-order valence-corrected chi connectivity index (χ1v) is 7.47. The summed E-state index contributed by atoms with van der Waals surface area (Å²) in [6.45, 7) is 3.70. The summed E-state index contributed by atoms with van der Waals surface area (Å²) >= 11 is 0. The summed E-state index contributed by atoms with van der Waals surface area (Å²) < 4.78 is 99.9. The van der Waals surface area contributed by atoms with Crippen LogP contribution in [0.1, 0.15) is 38.4 Å². The molecule has 0 amide bonds. The first kappa shape index (κ1) is 21.5. The first-order chi connectivity index (χ1) is 11.4. The van der Waals surface area contributed by atoms with E-state index in [0.29, 0.717) is 5.75 Å². The smallest absolute Gasteiger partial charge is 0.459 e. The quantitative estimate of drug-likeness (QED) is 0.536. The second-order valence-electron chi connectivity index (χ2n) is 5.61. The number of hydrogen-bond donors (Lipinski definition) is 0. The van der Waals surface area contributed by atoms with Gasteiger partial charge >= 0.3 is 18.0 Å². The van der Waals surface area contributed by atoms with Crippen molar-refractivity contribution in [1.29, 1.82) is 0 Å². The van der Waals surface area contributed by atoms with Crippen molar-refractivity contribution < 1.29 is 40.2 Å². The van der Waals surface area contributed by atoms with E-state index in [9.17, 15) is 30.7 Å². The van der Waals surface area contributed by atoms with Gasteiger partial charge in [-0.25, -0.2) is 0 Å². The maximum Gasteiger partial charge on any atom is 0.459 e. The van der Waals surface area contributed by atoms with E-state index < -0.39 is 30.5 Å². The lowest BCUT2D eigenvalue weighted by molar-refractivity contribution is -0.358. The van der Waals surface area contributed by atoms with Gasteiger partial charge in [0.25, 0.3) is 0 Å². The molecule has 0 aliphatic rings. The SMILES string of the molecule is CCC(C)Oc1ccc(C(CC(F)(F)C(F)(F)C(F)(F)F)OC)cc1. The summed E-state index contributed by atoms with van der Waals surface area (Å²) in [5, 5.41) is 0. The van der Waals surface area contributed by atoms with Gasteiger partial charge in [0.2, 0.25) is 0 Å². The number of hydrogen-bond acceptors (Lipinski definition) is 2. The van der Waals surface area contributed by atoms with Crippen LogP contribution < -0.4 is 4.74 Å². The molecule has 0 saturated carbocycles. The van der Waals surface area contributed by atoms with E-state index in [1.165, 1.54) is 24.3 Å². The molecule has 0 aliphatic carbocycles. The number of halogens is 7. The maximum absolute atomic E-state index is 13.5. The van der Waals surface area contributed by atoms with Gasteiger partial charge in [-0.3, -0.25) is 0 Å². The zero-order valence-electron chi connectivity index (χ0n) is 13.8. The Labute approximate surface area is 140 Å². The molecule has 2 unspecified atom stereocenters. The highest BCUT2D eigenvalue weighted by atomic mass is 19.4. The maximum atomic E-state index is 13.5. The van der Waals surface area contributed by atoms with Crippen LogP contribution in [-0.4, -0.2) is 31.2 Å². The van der Waals surface area contributed by atoms with Crippen molar-refractivity contribution in [2.45, 2.75) is 56.9 Å². The molecule has 2 atom stereocenters. The van der Waals surface area contributed by atoms with Gasteiger partial charge in [0.1, 0.15) is 5.75 Å². The lowest BCUT2D eigenvalue weighted by atomic mass is 9.98. The molecule has 0 radical (unpaired) electrons. The first-order valence-electron chi connectivity index (χ1n) is 7.47. The van der Waals surface area contributed by atoms with Crippen molar-refractivity contribution in [2.24, 2.45) is 0 Å². The predicted molar refractivity (Wildman–Crippen MR) is 77.1 cm³/mol. The van der Waals surface area contributed by atoms with E-state index in [4.69, 9.17) is 9.47 Å². The summed E-state index contributed by atoms with van der Waals surface area (Å²) in [5.74, 6) is -11.1. The third-order valence-electron chi connectivity index (χ3n) is 3.71. The molecule has 2 nitrogen and oxygen atoms in total. The summed E-state index contributed by atoms with van der Waals surface area (Å²) in [6, 6.07) is 5.39. The molecule has 1 aromatic rings. The summed E-state index contributed by atoms with van der Waals surface area (Å²) in [6.07, 6.45) is -9.19. The molecule has 0 heterocycles. The van der Waals surface area contributed by atoms with Crippen molar-refractivity contribution in [3.05, 3.63) is 29.8 Å². The van der Waals surface area contributed by atoms with Gasteiger partial charge in [0.15, 0.2) is 0 Å². The minimum atomic E-state index is -6.36. The van der Waals surface area contributed by atoms with E-state index in [-0.39, 0.29) is 11.7 Å². The highest BCUT2D eigenvalue weighted by Gasteiger charge is 2.73. The Hall–Kier alpha value is -1.51. The Morgan fingerprint density at radius 2 is 1.48 bits per heavy atom. The Kier molecular flexibility index (Phi) is 6.72. The Balaban J connectivity index is 2.96. The number of alkyl halides is 7. The van der Waals surface area contributed by atoms with Crippen LogP contribution in [0.25, 0.3) is 0 Å². The molecule has 25 heavy (non-hydrogen) atoms. The molecule has 1 aromatic carbocycles. The minimum absolute atomic E-state index is 0.0386. The molecule has 0 spiro atoms. The molecule has 0 saturated heterocycles. The monoisotopic (exact) mass is 376 g/mol. The van der Waals surface area contributed by atoms with Gasteiger partial charge in [-0.2, -0.15) is 30.7 Å². The summed E-state index contributed by atoms with van der Waals surface area (Å²) in [7, 11) is 0.954. The van der Waals surface area contributed by atoms with Gasteiger partial charge in [0.05, 0.1) is 12.2 Å². The van der Waals surface area contributed by atoms with E-state index in [2.05, 4.69) is 0 Å². The fraction of sp³-hybridized carbons (Fsp3) is 0.625. The van der Waals surface area contributed by atoms with Gasteiger partial charge < -0.3 is 9.47 Å². The minimum Gasteiger partial charge on any atom is -0.491 e. The number of benzene rings is 1. The summed E-state index contributed by atoms with van der Waals surface area (Å²) in [4.78, 5) is 0. The summed E-state index contributed by atoms with van der Waals surface area (Å²) in [5.41, 5.74) is 0.0386. The molecule has 1 rings (SSSR count). The van der Waals surface area contributed by atoms with Crippen LogP contribution in [0, 0.1) is 0 Å². The van der Waals surface area contributed by atoms with Crippen LogP contribution >= 0.6 is 0 Å². The van der Waals surface area contributed by atoms with E-state index >= 15 is 0 Å². The highest BCUT2D eigenvalue weighted by Crippen LogP contribution is 2.50. The van der Waals surface area contributed by atoms with Crippen LogP contribution in [0.15, 0.2) is 24.3 Å². The lowest BCUT2D eigenvalue weighted by Gasteiger charge is -2.30. The van der Waals surface area contributed by atoms with Gasteiger partial charge in [0, 0.05) is 13.5 Å². The standard InChI is InChI=1S/C16H19F7O2/c1-4-10(2)25-12-7-5-11(6-8-12)13(24-3)9-14(17,18)15(19,20)16(21,22)23/h5-8,10,13H,4,9H2,1-3H3. The molecule has 0 fully saturated rings. The zero-order valence-corrected chi connectivity index (χ0v) is 13.8. The topological polar surface area (TPSA) is 18.5 Å². The number of methoxy groups -OCH3 is 1. The van der Waals surface area contributed by atoms with Crippen LogP contribution in [0.4, 0.5) is 30.7 Å². The van der Waals surface area contributed by atoms with Crippen LogP contribution in [0.3, 0.4) is 0 Å². The number of rotatable bonds is 8. The Bertz CT molecular complexity index is 540. The molecular formula is C16H19F7O2. The Morgan fingerprint density at radius 1 is 0.960 bits per heavy atom. The zero-order chi connectivity index (χ0) is 19.5. The van der Waals surface area contributed by atoms with E-state index in [0.717, 1.165) is 13.5 Å². The van der Waals surface area contributed by atoms with Gasteiger partial charge in [-0.15, -0.1) is 0 Å². The molecule has 0 N–H and O–H groups in total. The lowest BCUT2D eigenvalue weighted by Crippen LogP contribution is -2.52. The van der Waals surface area contributed by atoms with Crippen molar-refractivity contribution in [1.82, 2.24) is 0 Å². The number of ether oxygens (including phenoxy) is 2. The molecule has 0 aliphatic heterocycles. The van der Waals surface area contributed by atoms with Crippen LogP contribution in [-0.2, 0) is 4.74 Å². The predicted octanol–water partition coefficient (Wildman–Crippen LogP) is 5.77. The van der Waals surface area contributed by atoms with Crippen LogP contribution in [0.5, 0.6) is 5.75 Å². The van der Waals surface area contributed by atoms with Crippen molar-refractivity contribution in [3.63, 3.8) is 0 Å². The second kappa shape index (κ2) is 7.80. The van der Waals surface area contributed by atoms with Crippen LogP contribution in [0.2, 0.25) is 0 Å². The highest BCUT2D eigenvalue weighted by molar-refractivity contribution is 5.29. The Morgan fingerprint density at radius 3 is 1.88 bits per heavy atom. The fourth-order valence-corrected chi connectivity index (χ4v) is 1.98. The van der Waals surface area contributed by atoms with Crippen molar-refractivity contribution in [2.75, 3.05) is 7.11 Å². The van der Waals surface area contributed by atoms with Crippen molar-refractivity contribution in [3.8, 4) is 5.75 Å². The van der Waals surface area contributed by atoms with Crippen molar-refractivity contribution >= 4 is 0 Å².